The third-order valence-corrected chi connectivity index (χ3v) is 5.61. The maximum atomic E-state index is 6.33. The lowest BCUT2D eigenvalue weighted by Gasteiger charge is -2.38. The Morgan fingerprint density at radius 1 is 1.00 bits per heavy atom. The fraction of sp³-hybridized carbons (Fsp3) is 0.400. The van der Waals surface area contributed by atoms with E-state index >= 15 is 0 Å². The number of hydrogen-bond acceptors (Lipinski definition) is 5. The van der Waals surface area contributed by atoms with Crippen LogP contribution in [0.2, 0.25) is 0 Å². The summed E-state index contributed by atoms with van der Waals surface area (Å²) in [6, 6.07) is 14.7. The van der Waals surface area contributed by atoms with Crippen LogP contribution < -0.4 is 4.74 Å². The first-order chi connectivity index (χ1) is 12.3. The van der Waals surface area contributed by atoms with Crippen LogP contribution in [0.3, 0.4) is 0 Å². The molecule has 0 saturated carbocycles. The highest BCUT2D eigenvalue weighted by Crippen LogP contribution is 2.40. The number of fused-ring (bicyclic) bond motifs is 2. The van der Waals surface area contributed by atoms with Gasteiger partial charge in [0.15, 0.2) is 0 Å². The van der Waals surface area contributed by atoms with E-state index in [0.717, 1.165) is 62.1 Å². The van der Waals surface area contributed by atoms with Gasteiger partial charge < -0.3 is 9.64 Å². The van der Waals surface area contributed by atoms with Gasteiger partial charge in [-0.1, -0.05) is 24.3 Å². The van der Waals surface area contributed by atoms with Gasteiger partial charge in [0.1, 0.15) is 22.4 Å². The molecule has 0 atom stereocenters. The molecule has 3 aromatic rings. The number of benzene rings is 2. The quantitative estimate of drug-likeness (QED) is 0.703. The average molecular weight is 372 g/mol. The fourth-order valence-corrected chi connectivity index (χ4v) is 4.10. The van der Waals surface area contributed by atoms with Crippen LogP contribution in [0.5, 0.6) is 5.75 Å². The van der Waals surface area contributed by atoms with Crippen LogP contribution in [0.1, 0.15) is 24.0 Å². The molecular weight excluding hydrogens is 350 g/mol. The molecule has 6 heteroatoms. The first-order valence-corrected chi connectivity index (χ1v) is 9.00. The van der Waals surface area contributed by atoms with Crippen molar-refractivity contribution in [2.45, 2.75) is 31.3 Å². The Morgan fingerprint density at radius 2 is 1.81 bits per heavy atom. The summed E-state index contributed by atoms with van der Waals surface area (Å²) >= 11 is 0. The molecule has 136 valence electrons. The second kappa shape index (κ2) is 6.89. The van der Waals surface area contributed by atoms with E-state index < -0.39 is 0 Å². The second-order valence-corrected chi connectivity index (χ2v) is 7.25. The number of rotatable bonds is 3. The number of halogens is 1. The number of aromatic nitrogens is 2. The molecule has 1 saturated heterocycles. The van der Waals surface area contributed by atoms with E-state index in [1.54, 1.807) is 0 Å². The zero-order valence-corrected chi connectivity index (χ0v) is 15.4. The molecule has 1 aromatic heterocycles. The van der Waals surface area contributed by atoms with Crippen LogP contribution in [-0.2, 0) is 12.8 Å². The third kappa shape index (κ3) is 3.17. The number of ether oxygens (including phenoxy) is 1. The molecule has 0 N–H and O–H groups in total. The first-order valence-electron chi connectivity index (χ1n) is 9.00. The first kappa shape index (κ1) is 17.3. The van der Waals surface area contributed by atoms with Crippen molar-refractivity contribution in [2.24, 2.45) is 0 Å². The standard InChI is InChI=1S/C20H21N3O2.ClH/c1-2-4-19-16(3-1)14-20(24-19)8-11-23(12-9-20)10-7-15-5-6-17-18(13-15)22-25-21-17;/h1-6,13H,7-12,14H2;1H. The lowest BCUT2D eigenvalue weighted by Crippen LogP contribution is -2.47. The number of para-hydroxylation sites is 1. The molecular formula is C20H22ClN3O2. The summed E-state index contributed by atoms with van der Waals surface area (Å²) in [5.41, 5.74) is 4.35. The predicted octanol–water partition coefficient (Wildman–Crippen LogP) is 3.66. The van der Waals surface area contributed by atoms with E-state index in [1.807, 2.05) is 6.07 Å². The molecule has 5 nitrogen and oxygen atoms in total. The van der Waals surface area contributed by atoms with Gasteiger partial charge in [-0.15, -0.1) is 12.4 Å². The highest BCUT2D eigenvalue weighted by Gasteiger charge is 2.41. The second-order valence-electron chi connectivity index (χ2n) is 7.25. The molecule has 0 amide bonds. The highest BCUT2D eigenvalue weighted by atomic mass is 35.5. The van der Waals surface area contributed by atoms with Crippen LogP contribution in [0, 0.1) is 0 Å². The molecule has 2 aliphatic heterocycles. The highest BCUT2D eigenvalue weighted by molar-refractivity contribution is 5.85. The minimum Gasteiger partial charge on any atom is -0.487 e. The van der Waals surface area contributed by atoms with Crippen molar-refractivity contribution in [2.75, 3.05) is 19.6 Å². The summed E-state index contributed by atoms with van der Waals surface area (Å²) in [5, 5.41) is 7.78. The molecule has 5 rings (SSSR count). The van der Waals surface area contributed by atoms with Gasteiger partial charge >= 0.3 is 0 Å². The molecule has 0 aliphatic carbocycles. The Labute approximate surface area is 158 Å². The van der Waals surface area contributed by atoms with Crippen LogP contribution in [0.4, 0.5) is 0 Å². The van der Waals surface area contributed by atoms with Crippen molar-refractivity contribution in [3.8, 4) is 5.75 Å². The molecule has 0 unspecified atom stereocenters. The fourth-order valence-electron chi connectivity index (χ4n) is 4.10. The predicted molar refractivity (Wildman–Crippen MR) is 102 cm³/mol. The molecule has 2 aliphatic rings. The maximum Gasteiger partial charge on any atom is 0.135 e. The molecule has 26 heavy (non-hydrogen) atoms. The minimum atomic E-state index is 0. The van der Waals surface area contributed by atoms with Crippen LogP contribution in [0.25, 0.3) is 11.0 Å². The van der Waals surface area contributed by atoms with Gasteiger partial charge in [-0.2, -0.15) is 0 Å². The van der Waals surface area contributed by atoms with Crippen molar-refractivity contribution in [3.05, 3.63) is 53.6 Å². The van der Waals surface area contributed by atoms with E-state index in [1.165, 1.54) is 11.1 Å². The number of likely N-dealkylation sites (tertiary alicyclic amines) is 1. The smallest absolute Gasteiger partial charge is 0.135 e. The van der Waals surface area contributed by atoms with Crippen LogP contribution >= 0.6 is 12.4 Å². The molecule has 1 fully saturated rings. The number of piperidine rings is 1. The van der Waals surface area contributed by atoms with E-state index in [-0.39, 0.29) is 18.0 Å². The zero-order chi connectivity index (χ0) is 16.7. The van der Waals surface area contributed by atoms with Gasteiger partial charge in [-0.25, -0.2) is 4.63 Å². The normalized spacial score (nSPS) is 18.5. The Bertz CT molecular complexity index is 876. The largest absolute Gasteiger partial charge is 0.487 e. The topological polar surface area (TPSA) is 51.4 Å². The Hall–Kier alpha value is -2.11. The lowest BCUT2D eigenvalue weighted by atomic mass is 9.87. The molecule has 0 radical (unpaired) electrons. The Balaban J connectivity index is 0.00000168. The molecule has 1 spiro atoms. The van der Waals surface area contributed by atoms with Crippen molar-refractivity contribution in [1.82, 2.24) is 15.2 Å². The summed E-state index contributed by atoms with van der Waals surface area (Å²) in [5.74, 6) is 1.09. The third-order valence-electron chi connectivity index (χ3n) is 5.61. The van der Waals surface area contributed by atoms with Crippen molar-refractivity contribution < 1.29 is 9.37 Å². The minimum absolute atomic E-state index is 0. The molecule has 2 aromatic carbocycles. The zero-order valence-electron chi connectivity index (χ0n) is 14.6. The van der Waals surface area contributed by atoms with Gasteiger partial charge in [0.05, 0.1) is 0 Å². The van der Waals surface area contributed by atoms with E-state index in [2.05, 4.69) is 51.6 Å². The van der Waals surface area contributed by atoms with E-state index in [4.69, 9.17) is 9.37 Å². The lowest BCUT2D eigenvalue weighted by molar-refractivity contribution is 0.0198. The summed E-state index contributed by atoms with van der Waals surface area (Å²) in [6.07, 6.45) is 4.30. The van der Waals surface area contributed by atoms with Crippen molar-refractivity contribution in [3.63, 3.8) is 0 Å². The van der Waals surface area contributed by atoms with Crippen molar-refractivity contribution in [1.29, 1.82) is 0 Å². The van der Waals surface area contributed by atoms with Crippen LogP contribution in [0.15, 0.2) is 47.1 Å². The number of hydrogen-bond donors (Lipinski definition) is 0. The van der Waals surface area contributed by atoms with Gasteiger partial charge in [-0.05, 0) is 46.1 Å². The summed E-state index contributed by atoms with van der Waals surface area (Å²) < 4.78 is 11.1. The van der Waals surface area contributed by atoms with Gasteiger partial charge in [0.25, 0.3) is 0 Å². The van der Waals surface area contributed by atoms with Gasteiger partial charge in [-0.3, -0.25) is 0 Å². The number of nitrogens with zero attached hydrogens (tertiary/aromatic N) is 3. The van der Waals surface area contributed by atoms with Gasteiger partial charge in [0.2, 0.25) is 0 Å². The summed E-state index contributed by atoms with van der Waals surface area (Å²) in [7, 11) is 0. The Kier molecular flexibility index (Phi) is 4.59. The van der Waals surface area contributed by atoms with Crippen molar-refractivity contribution >= 4 is 23.4 Å². The summed E-state index contributed by atoms with van der Waals surface area (Å²) in [6.45, 7) is 3.27. The monoisotopic (exact) mass is 371 g/mol. The molecule has 0 bridgehead atoms. The Morgan fingerprint density at radius 3 is 2.65 bits per heavy atom. The average Bonchev–Trinajstić information content (AvgIpc) is 3.24. The van der Waals surface area contributed by atoms with E-state index in [0.29, 0.717) is 0 Å². The maximum absolute atomic E-state index is 6.33. The van der Waals surface area contributed by atoms with Crippen LogP contribution in [-0.4, -0.2) is 40.4 Å². The van der Waals surface area contributed by atoms with Gasteiger partial charge in [0, 0.05) is 38.9 Å². The van der Waals surface area contributed by atoms with E-state index in [9.17, 15) is 0 Å². The summed E-state index contributed by atoms with van der Waals surface area (Å²) in [4.78, 5) is 2.54. The molecule has 3 heterocycles. The SMILES string of the molecule is Cl.c1ccc2c(c1)CC1(CCN(CCc3ccc4nonc4c3)CC1)O2.